The largest absolute Gasteiger partial charge is 0.434 e. The van der Waals surface area contributed by atoms with E-state index in [1.165, 1.54) is 31.2 Å². The van der Waals surface area contributed by atoms with Crippen LogP contribution in [0.1, 0.15) is 46.3 Å². The lowest BCUT2D eigenvalue weighted by Gasteiger charge is -2.25. The third-order valence-electron chi connectivity index (χ3n) is 4.85. The fourth-order valence-electron chi connectivity index (χ4n) is 3.29. The molecular formula is C19H17BrClFN4O5S. The quantitative estimate of drug-likeness (QED) is 0.414. The van der Waals surface area contributed by atoms with Gasteiger partial charge < -0.3 is 10.2 Å². The highest BCUT2D eigenvalue weighted by Gasteiger charge is 2.34. The van der Waals surface area contributed by atoms with Crippen LogP contribution in [0, 0.1) is 12.7 Å². The van der Waals surface area contributed by atoms with Crippen LogP contribution in [0.15, 0.2) is 48.9 Å². The number of carbonyl (C=O) groups excluding carboxylic acids is 1. The van der Waals surface area contributed by atoms with Crippen LogP contribution in [0.25, 0.3) is 0 Å². The van der Waals surface area contributed by atoms with Crippen molar-refractivity contribution < 1.29 is 22.0 Å². The molecular weight excluding hydrogens is 531 g/mol. The lowest BCUT2D eigenvalue weighted by molar-refractivity contribution is 0.0997. The number of nitrogens with one attached hydrogen (secondary N) is 2. The second-order valence-electron chi connectivity index (χ2n) is 6.91. The Morgan fingerprint density at radius 2 is 2.03 bits per heavy atom. The molecule has 0 aliphatic heterocycles. The molecule has 0 radical (unpaired) electrons. The highest BCUT2D eigenvalue weighted by molar-refractivity contribution is 9.10. The fourth-order valence-corrected chi connectivity index (χ4v) is 5.28. The molecule has 32 heavy (non-hydrogen) atoms. The number of hydrogen-bond acceptors (Lipinski definition) is 6. The number of amides is 1. The Labute approximate surface area is 195 Å². The summed E-state index contributed by atoms with van der Waals surface area (Å²) >= 11 is 9.28. The first-order chi connectivity index (χ1) is 14.9. The lowest BCUT2D eigenvalue weighted by Crippen LogP contribution is -2.34. The summed E-state index contributed by atoms with van der Waals surface area (Å²) in [6.07, 6.45) is 0. The zero-order valence-corrected chi connectivity index (χ0v) is 19.8. The summed E-state index contributed by atoms with van der Waals surface area (Å²) in [7, 11) is -4.42. The highest BCUT2D eigenvalue weighted by Crippen LogP contribution is 2.36. The van der Waals surface area contributed by atoms with E-state index in [0.717, 1.165) is 6.07 Å². The van der Waals surface area contributed by atoms with Gasteiger partial charge in [-0.05, 0) is 48.4 Å². The van der Waals surface area contributed by atoms with Crippen LogP contribution in [-0.4, -0.2) is 24.5 Å². The molecule has 1 aromatic heterocycles. The van der Waals surface area contributed by atoms with Gasteiger partial charge in [-0.2, -0.15) is 4.72 Å². The molecule has 3 aromatic rings. The number of nitrogens with two attached hydrogens (primary N) is 1. The van der Waals surface area contributed by atoms with Crippen molar-refractivity contribution in [2.45, 2.75) is 30.7 Å². The molecule has 0 saturated heterocycles. The van der Waals surface area contributed by atoms with Crippen molar-refractivity contribution in [1.82, 2.24) is 14.9 Å². The zero-order chi connectivity index (χ0) is 23.8. The number of rotatable bonds is 7. The zero-order valence-electron chi connectivity index (χ0n) is 16.6. The van der Waals surface area contributed by atoms with Gasteiger partial charge in [0.1, 0.15) is 11.9 Å². The summed E-state index contributed by atoms with van der Waals surface area (Å²) in [5.74, 6) is -3.80. The Balaban J connectivity index is 2.14. The minimum atomic E-state index is -4.42. The topological polar surface area (TPSA) is 148 Å². The molecule has 0 fully saturated rings. The van der Waals surface area contributed by atoms with Crippen molar-refractivity contribution >= 4 is 43.5 Å². The van der Waals surface area contributed by atoms with E-state index in [1.807, 2.05) is 0 Å². The maximum absolute atomic E-state index is 14.7. The molecule has 9 nitrogen and oxygen atoms in total. The Morgan fingerprint density at radius 1 is 1.34 bits per heavy atom. The van der Waals surface area contributed by atoms with Gasteiger partial charge in [0.05, 0.1) is 10.5 Å². The van der Waals surface area contributed by atoms with Crippen molar-refractivity contribution in [3.8, 4) is 0 Å². The van der Waals surface area contributed by atoms with E-state index >= 15 is 0 Å². The van der Waals surface area contributed by atoms with E-state index in [4.69, 9.17) is 21.8 Å². The SMILES string of the molecule is Cc1c(Cl)ccc(F)c1C(C)C(NS(=O)(=O)c1ccc(Br)cc1C(N)=O)c1n[nH]c(=O)o1. The molecule has 3 rings (SSSR count). The third-order valence-corrected chi connectivity index (χ3v) is 7.25. The average molecular weight is 548 g/mol. The summed E-state index contributed by atoms with van der Waals surface area (Å²) in [6, 6.07) is 5.03. The van der Waals surface area contributed by atoms with Crippen LogP contribution in [0.5, 0.6) is 0 Å². The molecule has 2 atom stereocenters. The Kier molecular flexibility index (Phi) is 6.89. The van der Waals surface area contributed by atoms with E-state index in [2.05, 4.69) is 30.8 Å². The molecule has 0 saturated carbocycles. The molecule has 1 amide bonds. The fraction of sp³-hybridized carbons (Fsp3) is 0.211. The van der Waals surface area contributed by atoms with Crippen LogP contribution in [0.4, 0.5) is 4.39 Å². The number of sulfonamides is 1. The molecule has 0 aliphatic rings. The van der Waals surface area contributed by atoms with E-state index in [-0.39, 0.29) is 22.0 Å². The Morgan fingerprint density at radius 3 is 2.62 bits per heavy atom. The van der Waals surface area contributed by atoms with E-state index in [9.17, 15) is 22.4 Å². The number of aromatic nitrogens is 2. The number of nitrogens with zero attached hydrogens (tertiary/aromatic N) is 1. The van der Waals surface area contributed by atoms with Gasteiger partial charge in [-0.1, -0.05) is 34.5 Å². The van der Waals surface area contributed by atoms with Crippen molar-refractivity contribution in [1.29, 1.82) is 0 Å². The smallest absolute Gasteiger partial charge is 0.391 e. The van der Waals surface area contributed by atoms with Gasteiger partial charge in [-0.25, -0.2) is 22.7 Å². The predicted molar refractivity (Wildman–Crippen MR) is 117 cm³/mol. The van der Waals surface area contributed by atoms with Crippen LogP contribution in [0.2, 0.25) is 5.02 Å². The van der Waals surface area contributed by atoms with Crippen LogP contribution in [-0.2, 0) is 10.0 Å². The molecule has 1 heterocycles. The summed E-state index contributed by atoms with van der Waals surface area (Å²) in [5, 5.41) is 6.03. The number of carbonyl (C=O) groups is 1. The Bertz CT molecular complexity index is 1360. The van der Waals surface area contributed by atoms with E-state index < -0.39 is 44.4 Å². The number of hydrogen-bond donors (Lipinski definition) is 3. The molecule has 0 spiro atoms. The minimum absolute atomic E-state index is 0.0989. The normalized spacial score (nSPS) is 13.7. The standard InChI is InChI=1S/C19H17BrClFN4O5S/c1-8-12(21)4-5-13(22)15(8)9(2)16(18-24-25-19(28)31-18)26-32(29,30)14-6-3-10(20)7-11(14)17(23)27/h3-7,9,16,26H,1-2H3,(H2,23,27)(H,25,28). The van der Waals surface area contributed by atoms with Gasteiger partial charge in [0.15, 0.2) is 0 Å². The summed E-state index contributed by atoms with van der Waals surface area (Å²) in [4.78, 5) is 23.0. The van der Waals surface area contributed by atoms with Gasteiger partial charge in [-0.15, -0.1) is 5.10 Å². The summed E-state index contributed by atoms with van der Waals surface area (Å²) in [5.41, 5.74) is 5.54. The first kappa shape index (κ1) is 24.1. The summed E-state index contributed by atoms with van der Waals surface area (Å²) < 4.78 is 48.9. The highest BCUT2D eigenvalue weighted by atomic mass is 79.9. The maximum Gasteiger partial charge on any atom is 0.434 e. The second-order valence-corrected chi connectivity index (χ2v) is 9.92. The lowest BCUT2D eigenvalue weighted by atomic mass is 9.90. The van der Waals surface area contributed by atoms with Crippen molar-refractivity contribution in [2.75, 3.05) is 0 Å². The van der Waals surface area contributed by atoms with Gasteiger partial charge in [0.25, 0.3) is 0 Å². The van der Waals surface area contributed by atoms with Gasteiger partial charge >= 0.3 is 5.76 Å². The molecule has 2 unspecified atom stereocenters. The number of H-pyrrole nitrogens is 1. The molecule has 0 bridgehead atoms. The van der Waals surface area contributed by atoms with E-state index in [0.29, 0.717) is 10.0 Å². The predicted octanol–water partition coefficient (Wildman–Crippen LogP) is 3.15. The number of halogens is 3. The molecule has 13 heteroatoms. The number of aromatic amines is 1. The van der Waals surface area contributed by atoms with Crippen molar-refractivity contribution in [3.05, 3.63) is 78.8 Å². The van der Waals surface area contributed by atoms with Crippen LogP contribution < -0.4 is 16.2 Å². The first-order valence-electron chi connectivity index (χ1n) is 9.04. The van der Waals surface area contributed by atoms with Crippen molar-refractivity contribution in [3.63, 3.8) is 0 Å². The van der Waals surface area contributed by atoms with Gasteiger partial charge in [-0.3, -0.25) is 4.79 Å². The number of benzene rings is 2. The monoisotopic (exact) mass is 546 g/mol. The van der Waals surface area contributed by atoms with E-state index in [1.54, 1.807) is 6.92 Å². The van der Waals surface area contributed by atoms with Crippen LogP contribution in [0.3, 0.4) is 0 Å². The third kappa shape index (κ3) is 4.77. The van der Waals surface area contributed by atoms with Crippen LogP contribution >= 0.6 is 27.5 Å². The minimum Gasteiger partial charge on any atom is -0.391 e. The first-order valence-corrected chi connectivity index (χ1v) is 11.7. The van der Waals surface area contributed by atoms with Crippen molar-refractivity contribution in [2.24, 2.45) is 5.73 Å². The molecule has 4 N–H and O–H groups in total. The maximum atomic E-state index is 14.7. The average Bonchev–Trinajstić information content (AvgIpc) is 3.15. The van der Waals surface area contributed by atoms with Gasteiger partial charge in [0.2, 0.25) is 21.8 Å². The van der Waals surface area contributed by atoms with Gasteiger partial charge in [0, 0.05) is 15.4 Å². The molecule has 0 aliphatic carbocycles. The number of primary amides is 1. The molecule has 170 valence electrons. The second kappa shape index (κ2) is 9.14. The molecule has 2 aromatic carbocycles. The Hall–Kier alpha value is -2.54. The summed E-state index contributed by atoms with van der Waals surface area (Å²) in [6.45, 7) is 3.09.